The van der Waals surface area contributed by atoms with Crippen LogP contribution < -0.4 is 4.72 Å². The van der Waals surface area contributed by atoms with Gasteiger partial charge < -0.3 is 5.11 Å². The van der Waals surface area contributed by atoms with Gasteiger partial charge in [-0.3, -0.25) is 0 Å². The van der Waals surface area contributed by atoms with E-state index in [1.54, 1.807) is 25.1 Å². The summed E-state index contributed by atoms with van der Waals surface area (Å²) in [6.45, 7) is 1.62. The van der Waals surface area contributed by atoms with Crippen LogP contribution in [-0.2, 0) is 16.6 Å². The van der Waals surface area contributed by atoms with Gasteiger partial charge in [0.2, 0.25) is 10.0 Å². The summed E-state index contributed by atoms with van der Waals surface area (Å²) in [5, 5.41) is 9.39. The molecule has 0 aliphatic rings. The molecule has 21 heavy (non-hydrogen) atoms. The Labute approximate surface area is 123 Å². The predicted octanol–water partition coefficient (Wildman–Crippen LogP) is 2.36. The zero-order chi connectivity index (χ0) is 15.5. The standard InChI is InChI=1S/C15H16FNO3S/c1-11(18)13-5-7-15(8-6-13)21(19,20)17-10-12-3-2-4-14(16)9-12/h2-9,11,17-18H,10H2,1H3. The van der Waals surface area contributed by atoms with Crippen LogP contribution in [-0.4, -0.2) is 13.5 Å². The summed E-state index contributed by atoms with van der Waals surface area (Å²) in [6.07, 6.45) is -0.651. The van der Waals surface area contributed by atoms with E-state index < -0.39 is 21.9 Å². The molecule has 0 saturated carbocycles. The van der Waals surface area contributed by atoms with Crippen molar-refractivity contribution in [2.24, 2.45) is 0 Å². The number of hydrogen-bond acceptors (Lipinski definition) is 3. The molecule has 1 unspecified atom stereocenters. The lowest BCUT2D eigenvalue weighted by atomic mass is 10.1. The largest absolute Gasteiger partial charge is 0.389 e. The van der Waals surface area contributed by atoms with Crippen LogP contribution in [0.15, 0.2) is 53.4 Å². The highest BCUT2D eigenvalue weighted by Crippen LogP contribution is 2.16. The molecule has 6 heteroatoms. The van der Waals surface area contributed by atoms with Crippen LogP contribution in [0.25, 0.3) is 0 Å². The number of nitrogens with one attached hydrogen (secondary N) is 1. The quantitative estimate of drug-likeness (QED) is 0.891. The molecule has 0 spiro atoms. The SMILES string of the molecule is CC(O)c1ccc(S(=O)(=O)NCc2cccc(F)c2)cc1. The highest BCUT2D eigenvalue weighted by atomic mass is 32.2. The fourth-order valence-corrected chi connectivity index (χ4v) is 2.85. The van der Waals surface area contributed by atoms with Crippen LogP contribution in [0.2, 0.25) is 0 Å². The third-order valence-electron chi connectivity index (χ3n) is 3.03. The number of sulfonamides is 1. The number of hydrogen-bond donors (Lipinski definition) is 2. The maximum atomic E-state index is 13.0. The van der Waals surface area contributed by atoms with Crippen molar-refractivity contribution in [2.45, 2.75) is 24.5 Å². The first-order valence-corrected chi connectivity index (χ1v) is 7.89. The van der Waals surface area contributed by atoms with E-state index >= 15 is 0 Å². The van der Waals surface area contributed by atoms with Crippen LogP contribution >= 0.6 is 0 Å². The Hall–Kier alpha value is -1.76. The van der Waals surface area contributed by atoms with E-state index in [0.717, 1.165) is 0 Å². The first kappa shape index (κ1) is 15.6. The molecule has 112 valence electrons. The summed E-state index contributed by atoms with van der Waals surface area (Å²) in [5.41, 5.74) is 1.18. The first-order chi connectivity index (χ1) is 9.88. The molecule has 0 radical (unpaired) electrons. The van der Waals surface area contributed by atoms with Crippen LogP contribution in [0, 0.1) is 5.82 Å². The van der Waals surface area contributed by atoms with Crippen molar-refractivity contribution in [1.82, 2.24) is 4.72 Å². The van der Waals surface area contributed by atoms with Crippen molar-refractivity contribution in [1.29, 1.82) is 0 Å². The Morgan fingerprint density at radius 1 is 1.19 bits per heavy atom. The molecule has 0 aromatic heterocycles. The number of rotatable bonds is 5. The van der Waals surface area contributed by atoms with Gasteiger partial charge in [0.1, 0.15) is 5.82 Å². The maximum Gasteiger partial charge on any atom is 0.240 e. The van der Waals surface area contributed by atoms with E-state index in [-0.39, 0.29) is 11.4 Å². The number of aliphatic hydroxyl groups excluding tert-OH is 1. The molecule has 0 fully saturated rings. The lowest BCUT2D eigenvalue weighted by molar-refractivity contribution is 0.199. The van der Waals surface area contributed by atoms with Gasteiger partial charge in [0, 0.05) is 6.54 Å². The Kier molecular flexibility index (Phi) is 4.72. The summed E-state index contributed by atoms with van der Waals surface area (Å²) in [4.78, 5) is 0.100. The van der Waals surface area contributed by atoms with Gasteiger partial charge in [-0.1, -0.05) is 24.3 Å². The molecule has 2 aromatic rings. The van der Waals surface area contributed by atoms with Crippen LogP contribution in [0.4, 0.5) is 4.39 Å². The molecule has 4 nitrogen and oxygen atoms in total. The Morgan fingerprint density at radius 2 is 1.86 bits per heavy atom. The topological polar surface area (TPSA) is 66.4 Å². The van der Waals surface area contributed by atoms with Gasteiger partial charge in [-0.25, -0.2) is 17.5 Å². The van der Waals surface area contributed by atoms with Gasteiger partial charge in [0.05, 0.1) is 11.0 Å². The highest BCUT2D eigenvalue weighted by molar-refractivity contribution is 7.89. The van der Waals surface area contributed by atoms with E-state index in [4.69, 9.17) is 0 Å². The molecular weight excluding hydrogens is 293 g/mol. The maximum absolute atomic E-state index is 13.0. The fourth-order valence-electron chi connectivity index (χ4n) is 1.83. The van der Waals surface area contributed by atoms with E-state index in [2.05, 4.69) is 4.72 Å². The summed E-state index contributed by atoms with van der Waals surface area (Å²) in [5.74, 6) is -0.409. The summed E-state index contributed by atoms with van der Waals surface area (Å²) < 4.78 is 39.6. The average Bonchev–Trinajstić information content (AvgIpc) is 2.45. The smallest absolute Gasteiger partial charge is 0.240 e. The lowest BCUT2D eigenvalue weighted by Crippen LogP contribution is -2.23. The van der Waals surface area contributed by atoms with E-state index in [1.807, 2.05) is 0 Å². The zero-order valence-electron chi connectivity index (χ0n) is 11.5. The van der Waals surface area contributed by atoms with E-state index in [0.29, 0.717) is 11.1 Å². The van der Waals surface area contributed by atoms with Crippen molar-refractivity contribution >= 4 is 10.0 Å². The van der Waals surface area contributed by atoms with Crippen LogP contribution in [0.1, 0.15) is 24.2 Å². The molecule has 0 saturated heterocycles. The van der Waals surface area contributed by atoms with Crippen molar-refractivity contribution in [3.8, 4) is 0 Å². The van der Waals surface area contributed by atoms with Gasteiger partial charge in [-0.15, -0.1) is 0 Å². The van der Waals surface area contributed by atoms with Gasteiger partial charge in [0.25, 0.3) is 0 Å². The second-order valence-corrected chi connectivity index (χ2v) is 6.47. The minimum absolute atomic E-state index is 0.0122. The fraction of sp³-hybridized carbons (Fsp3) is 0.200. The third kappa shape index (κ3) is 4.10. The molecule has 0 aliphatic heterocycles. The minimum atomic E-state index is -3.67. The average molecular weight is 309 g/mol. The van der Waals surface area contributed by atoms with Gasteiger partial charge in [-0.05, 0) is 42.3 Å². The molecule has 2 rings (SSSR count). The summed E-state index contributed by atoms with van der Waals surface area (Å²) in [7, 11) is -3.67. The molecule has 0 amide bonds. The normalized spacial score (nSPS) is 13.1. The molecule has 0 bridgehead atoms. The van der Waals surface area contributed by atoms with Gasteiger partial charge in [-0.2, -0.15) is 0 Å². The van der Waals surface area contributed by atoms with Gasteiger partial charge >= 0.3 is 0 Å². The minimum Gasteiger partial charge on any atom is -0.389 e. The second-order valence-electron chi connectivity index (χ2n) is 4.70. The molecule has 2 aromatic carbocycles. The molecule has 2 N–H and O–H groups in total. The monoisotopic (exact) mass is 309 g/mol. The van der Waals surface area contributed by atoms with E-state index in [9.17, 15) is 17.9 Å². The summed E-state index contributed by atoms with van der Waals surface area (Å²) >= 11 is 0. The molecule has 1 atom stereocenters. The van der Waals surface area contributed by atoms with E-state index in [1.165, 1.54) is 30.3 Å². The predicted molar refractivity (Wildman–Crippen MR) is 77.5 cm³/mol. The van der Waals surface area contributed by atoms with Crippen LogP contribution in [0.5, 0.6) is 0 Å². The first-order valence-electron chi connectivity index (χ1n) is 6.40. The number of halogens is 1. The van der Waals surface area contributed by atoms with Crippen molar-refractivity contribution in [2.75, 3.05) is 0 Å². The number of benzene rings is 2. The highest BCUT2D eigenvalue weighted by Gasteiger charge is 2.14. The molecule has 0 heterocycles. The molecular formula is C15H16FNO3S. The number of aliphatic hydroxyl groups is 1. The second kappa shape index (κ2) is 6.34. The zero-order valence-corrected chi connectivity index (χ0v) is 12.3. The lowest BCUT2D eigenvalue weighted by Gasteiger charge is -2.09. The van der Waals surface area contributed by atoms with Crippen molar-refractivity contribution < 1.29 is 17.9 Å². The van der Waals surface area contributed by atoms with Crippen molar-refractivity contribution in [3.05, 3.63) is 65.5 Å². The van der Waals surface area contributed by atoms with Crippen LogP contribution in [0.3, 0.4) is 0 Å². The Morgan fingerprint density at radius 3 is 2.43 bits per heavy atom. The summed E-state index contributed by atoms with van der Waals surface area (Å²) in [6, 6.07) is 11.7. The van der Waals surface area contributed by atoms with Crippen molar-refractivity contribution in [3.63, 3.8) is 0 Å². The third-order valence-corrected chi connectivity index (χ3v) is 4.45. The molecule has 0 aliphatic carbocycles. The Balaban J connectivity index is 2.11. The van der Waals surface area contributed by atoms with Gasteiger partial charge in [0.15, 0.2) is 0 Å². The Bertz CT molecular complexity index is 712.